The van der Waals surface area contributed by atoms with Gasteiger partial charge in [-0.1, -0.05) is 19.6 Å². The summed E-state index contributed by atoms with van der Waals surface area (Å²) in [6.07, 6.45) is 3.09. The van der Waals surface area contributed by atoms with Crippen LogP contribution in [0.1, 0.15) is 50.9 Å². The minimum absolute atomic E-state index is 0.109. The molecule has 0 bridgehead atoms. The molecule has 2 aromatic rings. The highest BCUT2D eigenvalue weighted by molar-refractivity contribution is 6.76. The summed E-state index contributed by atoms with van der Waals surface area (Å²) in [5, 5.41) is 15.1. The van der Waals surface area contributed by atoms with Crippen LogP contribution in [-0.4, -0.2) is 77.8 Å². The van der Waals surface area contributed by atoms with E-state index in [0.717, 1.165) is 43.0 Å². The summed E-state index contributed by atoms with van der Waals surface area (Å²) in [4.78, 5) is 28.8. The third-order valence-corrected chi connectivity index (χ3v) is 8.14. The topological polar surface area (TPSA) is 97.1 Å². The zero-order valence-electron chi connectivity index (χ0n) is 22.8. The van der Waals surface area contributed by atoms with Gasteiger partial charge in [0, 0.05) is 51.4 Å². The van der Waals surface area contributed by atoms with Crippen LogP contribution >= 0.6 is 0 Å². The first-order valence-corrected chi connectivity index (χ1v) is 16.6. The molecule has 36 heavy (non-hydrogen) atoms. The van der Waals surface area contributed by atoms with Gasteiger partial charge >= 0.3 is 12.1 Å². The number of nitrogens with zero attached hydrogens (tertiary/aromatic N) is 4. The minimum Gasteiger partial charge on any atom is -0.478 e. The lowest BCUT2D eigenvalue weighted by atomic mass is 10.0. The van der Waals surface area contributed by atoms with Crippen LogP contribution < -0.4 is 4.90 Å². The molecule has 0 radical (unpaired) electrons. The van der Waals surface area contributed by atoms with Crippen molar-refractivity contribution in [1.29, 1.82) is 0 Å². The van der Waals surface area contributed by atoms with E-state index in [1.54, 1.807) is 16.9 Å². The lowest BCUT2D eigenvalue weighted by molar-refractivity contribution is 0.0149. The van der Waals surface area contributed by atoms with E-state index in [-0.39, 0.29) is 24.4 Å². The Bertz CT molecular complexity index is 1060. The number of carboxylic acids is 1. The number of fused-ring (bicyclic) bond motifs is 1. The predicted octanol–water partition coefficient (Wildman–Crippen LogP) is 5.27. The molecule has 3 rings (SSSR count). The molecule has 0 spiro atoms. The molecular formula is C26H42N4O5Si. The fourth-order valence-electron chi connectivity index (χ4n) is 4.54. The molecule has 0 saturated carbocycles. The number of hydrogen-bond donors (Lipinski definition) is 1. The predicted molar refractivity (Wildman–Crippen MR) is 145 cm³/mol. The number of aromatic carboxylic acids is 1. The van der Waals surface area contributed by atoms with Gasteiger partial charge in [-0.05, 0) is 58.7 Å². The molecule has 1 aromatic carbocycles. The standard InChI is InChI=1S/C26H42N4O5Si/c1-8-29(25(33)35-26(2,3)4)19-11-13-28(14-12-19)22-10-9-20(24(31)32)23-21(22)17-27-30(23)18-34-15-16-36(5,6)7/h9-10,17,19H,8,11-16,18H2,1-7H3,(H,31,32). The van der Waals surface area contributed by atoms with Crippen molar-refractivity contribution in [3.8, 4) is 0 Å². The number of piperidine rings is 1. The van der Waals surface area contributed by atoms with Crippen molar-refractivity contribution >= 4 is 36.7 Å². The molecule has 1 aliphatic heterocycles. The number of aromatic nitrogens is 2. The molecule has 0 atom stereocenters. The number of amides is 1. The van der Waals surface area contributed by atoms with E-state index in [0.29, 0.717) is 18.7 Å². The highest BCUT2D eigenvalue weighted by Gasteiger charge is 2.31. The van der Waals surface area contributed by atoms with Crippen molar-refractivity contribution in [1.82, 2.24) is 14.7 Å². The van der Waals surface area contributed by atoms with Crippen LogP contribution in [0.2, 0.25) is 25.7 Å². The molecule has 2 heterocycles. The maximum atomic E-state index is 12.7. The molecule has 10 heteroatoms. The maximum absolute atomic E-state index is 12.7. The maximum Gasteiger partial charge on any atom is 0.410 e. The fourth-order valence-corrected chi connectivity index (χ4v) is 5.30. The fraction of sp³-hybridized carbons (Fsp3) is 0.654. The summed E-state index contributed by atoms with van der Waals surface area (Å²) < 4.78 is 13.1. The number of carboxylic acid groups (broad SMARTS) is 1. The zero-order chi connectivity index (χ0) is 26.7. The summed E-state index contributed by atoms with van der Waals surface area (Å²) in [6, 6.07) is 4.68. The molecule has 0 unspecified atom stereocenters. The summed E-state index contributed by atoms with van der Waals surface area (Å²) >= 11 is 0. The molecule has 1 N–H and O–H groups in total. The number of rotatable bonds is 9. The third-order valence-electron chi connectivity index (χ3n) is 6.43. The summed E-state index contributed by atoms with van der Waals surface area (Å²) in [7, 11) is -1.22. The van der Waals surface area contributed by atoms with E-state index in [4.69, 9.17) is 9.47 Å². The van der Waals surface area contributed by atoms with Gasteiger partial charge in [0.2, 0.25) is 0 Å². The first-order valence-electron chi connectivity index (χ1n) is 12.8. The number of carbonyl (C=O) groups excluding carboxylic acids is 1. The number of ether oxygens (including phenoxy) is 2. The van der Waals surface area contributed by atoms with Crippen LogP contribution in [-0.2, 0) is 16.2 Å². The van der Waals surface area contributed by atoms with E-state index in [1.165, 1.54) is 0 Å². The average molecular weight is 519 g/mol. The zero-order valence-corrected chi connectivity index (χ0v) is 23.8. The molecule has 0 aliphatic carbocycles. The Hall–Kier alpha value is -2.59. The molecule has 9 nitrogen and oxygen atoms in total. The van der Waals surface area contributed by atoms with Gasteiger partial charge in [0.1, 0.15) is 12.3 Å². The molecule has 1 aliphatic rings. The van der Waals surface area contributed by atoms with Crippen molar-refractivity contribution in [3.63, 3.8) is 0 Å². The second-order valence-corrected chi connectivity index (χ2v) is 17.3. The summed E-state index contributed by atoms with van der Waals surface area (Å²) in [5.41, 5.74) is 1.24. The summed E-state index contributed by atoms with van der Waals surface area (Å²) in [5.74, 6) is -0.981. The molecule has 200 valence electrons. The Labute approximate surface area is 215 Å². The molecule has 1 fully saturated rings. The lowest BCUT2D eigenvalue weighted by Gasteiger charge is -2.39. The second kappa shape index (κ2) is 11.2. The molecule has 1 amide bonds. The monoisotopic (exact) mass is 518 g/mol. The highest BCUT2D eigenvalue weighted by Crippen LogP contribution is 2.32. The van der Waals surface area contributed by atoms with Gasteiger partial charge in [0.25, 0.3) is 0 Å². The van der Waals surface area contributed by atoms with Crippen LogP contribution in [0.5, 0.6) is 0 Å². The highest BCUT2D eigenvalue weighted by atomic mass is 28.3. The van der Waals surface area contributed by atoms with E-state index in [1.807, 2.05) is 38.7 Å². The van der Waals surface area contributed by atoms with Crippen molar-refractivity contribution < 1.29 is 24.2 Å². The SMILES string of the molecule is CCN(C(=O)OC(C)(C)C)C1CCN(c2ccc(C(=O)O)c3c2cnn3COCC[Si](C)(C)C)CC1. The van der Waals surface area contributed by atoms with Gasteiger partial charge in [-0.2, -0.15) is 5.10 Å². The summed E-state index contributed by atoms with van der Waals surface area (Å²) in [6.45, 7) is 17.5. The molecule has 1 saturated heterocycles. The quantitative estimate of drug-likeness (QED) is 0.357. The van der Waals surface area contributed by atoms with E-state index < -0.39 is 19.6 Å². The van der Waals surface area contributed by atoms with Crippen LogP contribution in [0.15, 0.2) is 18.3 Å². The van der Waals surface area contributed by atoms with Crippen molar-refractivity contribution in [3.05, 3.63) is 23.9 Å². The Morgan fingerprint density at radius 3 is 2.42 bits per heavy atom. The van der Waals surface area contributed by atoms with Gasteiger partial charge in [-0.15, -0.1) is 0 Å². The number of hydrogen-bond acceptors (Lipinski definition) is 6. The van der Waals surface area contributed by atoms with Gasteiger partial charge in [-0.3, -0.25) is 0 Å². The lowest BCUT2D eigenvalue weighted by Crippen LogP contribution is -2.48. The Balaban J connectivity index is 1.76. The second-order valence-electron chi connectivity index (χ2n) is 11.7. The van der Waals surface area contributed by atoms with Gasteiger partial charge in [-0.25, -0.2) is 14.3 Å². The van der Waals surface area contributed by atoms with E-state index in [9.17, 15) is 14.7 Å². The number of benzene rings is 1. The van der Waals surface area contributed by atoms with Crippen molar-refractivity contribution in [2.45, 2.75) is 84.6 Å². The third kappa shape index (κ3) is 7.00. The van der Waals surface area contributed by atoms with Crippen LogP contribution in [0, 0.1) is 0 Å². The van der Waals surface area contributed by atoms with Gasteiger partial charge in [0.15, 0.2) is 0 Å². The van der Waals surface area contributed by atoms with Crippen molar-refractivity contribution in [2.75, 3.05) is 31.1 Å². The van der Waals surface area contributed by atoms with E-state index in [2.05, 4.69) is 29.6 Å². The molecular weight excluding hydrogens is 476 g/mol. The number of anilines is 1. The van der Waals surface area contributed by atoms with Crippen LogP contribution in [0.4, 0.5) is 10.5 Å². The van der Waals surface area contributed by atoms with E-state index >= 15 is 0 Å². The largest absolute Gasteiger partial charge is 0.478 e. The van der Waals surface area contributed by atoms with Gasteiger partial charge in [0.05, 0.1) is 17.3 Å². The Morgan fingerprint density at radius 1 is 1.19 bits per heavy atom. The Kier molecular flexibility index (Phi) is 8.71. The first-order chi connectivity index (χ1) is 16.8. The number of carbonyl (C=O) groups is 2. The normalized spacial score (nSPS) is 15.4. The van der Waals surface area contributed by atoms with Crippen molar-refractivity contribution in [2.24, 2.45) is 0 Å². The first kappa shape index (κ1) is 28.0. The van der Waals surface area contributed by atoms with Crippen LogP contribution in [0.25, 0.3) is 10.9 Å². The van der Waals surface area contributed by atoms with Crippen LogP contribution in [0.3, 0.4) is 0 Å². The molecule has 1 aromatic heterocycles. The smallest absolute Gasteiger partial charge is 0.410 e. The Morgan fingerprint density at radius 2 is 1.86 bits per heavy atom. The van der Waals surface area contributed by atoms with Gasteiger partial charge < -0.3 is 24.4 Å². The average Bonchev–Trinajstić information content (AvgIpc) is 3.19. The minimum atomic E-state index is -1.22.